The number of amides is 2. The fourth-order valence-electron chi connectivity index (χ4n) is 4.35. The molecule has 1 aromatic heterocycles. The highest BCUT2D eigenvalue weighted by Gasteiger charge is 2.29. The Bertz CT molecular complexity index is 1170. The van der Waals surface area contributed by atoms with Gasteiger partial charge in [0.05, 0.1) is 6.54 Å². The van der Waals surface area contributed by atoms with E-state index in [0.29, 0.717) is 18.7 Å². The van der Waals surface area contributed by atoms with Crippen molar-refractivity contribution >= 4 is 18.0 Å². The first-order valence-corrected chi connectivity index (χ1v) is 11.6. The Morgan fingerprint density at radius 3 is 2.23 bits per heavy atom. The molecule has 1 unspecified atom stereocenters. The molecule has 1 atom stereocenters. The molecule has 1 aliphatic carbocycles. The second-order valence-corrected chi connectivity index (χ2v) is 8.53. The van der Waals surface area contributed by atoms with Crippen LogP contribution in [0.1, 0.15) is 53.1 Å². The second-order valence-electron chi connectivity index (χ2n) is 8.53. The van der Waals surface area contributed by atoms with Gasteiger partial charge in [-0.1, -0.05) is 61.9 Å². The SMILES string of the molecule is CCC(CNC(=O)OCC1c2ccccc2-c2ccccc21)CC(=O)NCc1ccc(C(=O)O)o1. The average Bonchev–Trinajstić information content (AvgIpc) is 3.47. The number of carboxylic acids is 1. The molecule has 0 bridgehead atoms. The van der Waals surface area contributed by atoms with Crippen LogP contribution in [0.2, 0.25) is 0 Å². The van der Waals surface area contributed by atoms with Gasteiger partial charge in [-0.2, -0.15) is 0 Å². The molecule has 8 nitrogen and oxygen atoms in total. The molecule has 1 aliphatic rings. The highest BCUT2D eigenvalue weighted by molar-refractivity contribution is 5.84. The Morgan fingerprint density at radius 2 is 1.63 bits per heavy atom. The maximum atomic E-state index is 12.4. The van der Waals surface area contributed by atoms with Crippen molar-refractivity contribution in [3.8, 4) is 11.1 Å². The van der Waals surface area contributed by atoms with Gasteiger partial charge in [0.15, 0.2) is 0 Å². The Morgan fingerprint density at radius 1 is 0.971 bits per heavy atom. The number of carbonyl (C=O) groups excluding carboxylic acids is 2. The number of fused-ring (bicyclic) bond motifs is 3. The smallest absolute Gasteiger partial charge is 0.407 e. The Labute approximate surface area is 203 Å². The Hall–Kier alpha value is -4.07. The van der Waals surface area contributed by atoms with Crippen LogP contribution in [0.5, 0.6) is 0 Å². The number of carboxylic acid groups (broad SMARTS) is 1. The molecule has 2 aromatic carbocycles. The van der Waals surface area contributed by atoms with Crippen molar-refractivity contribution < 1.29 is 28.6 Å². The predicted molar refractivity (Wildman–Crippen MR) is 129 cm³/mol. The molecule has 35 heavy (non-hydrogen) atoms. The molecule has 0 spiro atoms. The van der Waals surface area contributed by atoms with Gasteiger partial charge in [0.2, 0.25) is 11.7 Å². The van der Waals surface area contributed by atoms with Crippen LogP contribution in [0.4, 0.5) is 4.79 Å². The van der Waals surface area contributed by atoms with Crippen molar-refractivity contribution in [3.63, 3.8) is 0 Å². The Balaban J connectivity index is 1.23. The zero-order valence-electron chi connectivity index (χ0n) is 19.5. The third kappa shape index (κ3) is 5.71. The summed E-state index contributed by atoms with van der Waals surface area (Å²) in [6.45, 7) is 2.59. The van der Waals surface area contributed by atoms with Crippen molar-refractivity contribution in [1.82, 2.24) is 10.6 Å². The molecule has 2 amide bonds. The van der Waals surface area contributed by atoms with Gasteiger partial charge in [0.25, 0.3) is 0 Å². The predicted octanol–water partition coefficient (Wildman–Crippen LogP) is 4.55. The van der Waals surface area contributed by atoms with E-state index in [4.69, 9.17) is 14.3 Å². The number of alkyl carbamates (subject to hydrolysis) is 1. The van der Waals surface area contributed by atoms with Crippen LogP contribution in [0.25, 0.3) is 11.1 Å². The second kappa shape index (κ2) is 10.9. The lowest BCUT2D eigenvalue weighted by atomic mass is 9.98. The van der Waals surface area contributed by atoms with Crippen LogP contribution in [-0.4, -0.2) is 36.2 Å². The van der Waals surface area contributed by atoms with E-state index in [0.717, 1.165) is 11.1 Å². The van der Waals surface area contributed by atoms with Crippen LogP contribution >= 0.6 is 0 Å². The zero-order chi connectivity index (χ0) is 24.8. The van der Waals surface area contributed by atoms with Crippen molar-refractivity contribution in [1.29, 1.82) is 0 Å². The summed E-state index contributed by atoms with van der Waals surface area (Å²) in [5, 5.41) is 14.4. The lowest BCUT2D eigenvalue weighted by molar-refractivity contribution is -0.122. The minimum absolute atomic E-state index is 0.0101. The zero-order valence-corrected chi connectivity index (χ0v) is 19.5. The minimum Gasteiger partial charge on any atom is -0.475 e. The fraction of sp³-hybridized carbons (Fsp3) is 0.296. The van der Waals surface area contributed by atoms with E-state index in [1.165, 1.54) is 23.3 Å². The number of hydrogen-bond donors (Lipinski definition) is 3. The lowest BCUT2D eigenvalue weighted by Gasteiger charge is -2.17. The normalized spacial score (nSPS) is 12.9. The van der Waals surface area contributed by atoms with Crippen molar-refractivity contribution in [2.24, 2.45) is 5.92 Å². The number of hydrogen-bond acceptors (Lipinski definition) is 5. The van der Waals surface area contributed by atoms with E-state index in [9.17, 15) is 14.4 Å². The molecular weight excluding hydrogens is 448 g/mol. The molecule has 0 aliphatic heterocycles. The van der Waals surface area contributed by atoms with E-state index >= 15 is 0 Å². The summed E-state index contributed by atoms with van der Waals surface area (Å²) in [5.74, 6) is -1.26. The summed E-state index contributed by atoms with van der Waals surface area (Å²) < 4.78 is 10.7. The summed E-state index contributed by atoms with van der Waals surface area (Å²) in [4.78, 5) is 35.6. The van der Waals surface area contributed by atoms with Gasteiger partial charge in [-0.05, 0) is 40.3 Å². The van der Waals surface area contributed by atoms with Crippen molar-refractivity contribution in [2.75, 3.05) is 13.2 Å². The lowest BCUT2D eigenvalue weighted by Crippen LogP contribution is -2.33. The van der Waals surface area contributed by atoms with Crippen LogP contribution in [0.3, 0.4) is 0 Å². The van der Waals surface area contributed by atoms with Crippen molar-refractivity contribution in [3.05, 3.63) is 83.3 Å². The number of benzene rings is 2. The summed E-state index contributed by atoms with van der Waals surface area (Å²) in [5.41, 5.74) is 4.64. The first-order valence-electron chi connectivity index (χ1n) is 11.6. The summed E-state index contributed by atoms with van der Waals surface area (Å²) in [6.07, 6.45) is 0.399. The number of carbonyl (C=O) groups is 3. The van der Waals surface area contributed by atoms with Gasteiger partial charge in [-0.15, -0.1) is 0 Å². The average molecular weight is 477 g/mol. The monoisotopic (exact) mass is 476 g/mol. The summed E-state index contributed by atoms with van der Waals surface area (Å²) in [7, 11) is 0. The number of ether oxygens (including phenoxy) is 1. The standard InChI is InChI=1S/C27H28N2O6/c1-2-17(13-25(30)28-15-18-11-12-24(35-18)26(31)32)14-29-27(33)34-16-23-21-9-5-3-7-19(21)20-8-4-6-10-22(20)23/h3-12,17,23H,2,13-16H2,1H3,(H,28,30)(H,29,33)(H,31,32). The molecule has 3 aromatic rings. The molecule has 0 radical (unpaired) electrons. The Kier molecular flexibility index (Phi) is 7.50. The third-order valence-corrected chi connectivity index (χ3v) is 6.26. The minimum atomic E-state index is -1.16. The highest BCUT2D eigenvalue weighted by Crippen LogP contribution is 2.44. The van der Waals surface area contributed by atoms with E-state index < -0.39 is 12.1 Å². The van der Waals surface area contributed by atoms with Gasteiger partial charge in [0, 0.05) is 18.9 Å². The molecule has 0 fully saturated rings. The van der Waals surface area contributed by atoms with Gasteiger partial charge in [-0.3, -0.25) is 4.79 Å². The summed E-state index contributed by atoms with van der Waals surface area (Å²) >= 11 is 0. The molecule has 0 saturated carbocycles. The molecule has 4 rings (SSSR count). The van der Waals surface area contributed by atoms with E-state index in [1.54, 1.807) is 0 Å². The van der Waals surface area contributed by atoms with E-state index in [1.807, 2.05) is 31.2 Å². The first-order chi connectivity index (χ1) is 17.0. The van der Waals surface area contributed by atoms with Crippen LogP contribution < -0.4 is 10.6 Å². The molecule has 8 heteroatoms. The maximum absolute atomic E-state index is 12.4. The molecule has 182 valence electrons. The van der Waals surface area contributed by atoms with Crippen LogP contribution in [-0.2, 0) is 16.1 Å². The number of furan rings is 1. The molecular formula is C27H28N2O6. The van der Waals surface area contributed by atoms with E-state index in [-0.39, 0.29) is 43.1 Å². The topological polar surface area (TPSA) is 118 Å². The maximum Gasteiger partial charge on any atom is 0.407 e. The van der Waals surface area contributed by atoms with Gasteiger partial charge >= 0.3 is 12.1 Å². The van der Waals surface area contributed by atoms with Crippen LogP contribution in [0, 0.1) is 5.92 Å². The van der Waals surface area contributed by atoms with Crippen molar-refractivity contribution in [2.45, 2.75) is 32.2 Å². The third-order valence-electron chi connectivity index (χ3n) is 6.26. The highest BCUT2D eigenvalue weighted by atomic mass is 16.5. The van der Waals surface area contributed by atoms with Crippen LogP contribution in [0.15, 0.2) is 65.1 Å². The first kappa shape index (κ1) is 24.1. The van der Waals surface area contributed by atoms with Gasteiger partial charge < -0.3 is 24.9 Å². The molecule has 1 heterocycles. The molecule has 0 saturated heterocycles. The quantitative estimate of drug-likeness (QED) is 0.395. The van der Waals surface area contributed by atoms with Gasteiger partial charge in [0.1, 0.15) is 12.4 Å². The van der Waals surface area contributed by atoms with E-state index in [2.05, 4.69) is 34.9 Å². The summed E-state index contributed by atoms with van der Waals surface area (Å²) in [6, 6.07) is 19.2. The molecule has 3 N–H and O–H groups in total. The fourth-order valence-corrected chi connectivity index (χ4v) is 4.35. The number of aromatic carboxylic acids is 1. The number of rotatable bonds is 10. The largest absolute Gasteiger partial charge is 0.475 e. The van der Waals surface area contributed by atoms with Gasteiger partial charge in [-0.25, -0.2) is 9.59 Å². The number of nitrogens with one attached hydrogen (secondary N) is 2.